The normalized spacial score (nSPS) is 14.9. The Hall–Kier alpha value is -3.59. The second-order valence-electron chi connectivity index (χ2n) is 7.49. The molecular formula is C24H24FN3O4S. The van der Waals surface area contributed by atoms with Gasteiger partial charge in [-0.05, 0) is 59.3 Å². The number of methoxy groups -OCH3 is 2. The Kier molecular flexibility index (Phi) is 6.79. The van der Waals surface area contributed by atoms with E-state index in [2.05, 4.69) is 10.6 Å². The first-order chi connectivity index (χ1) is 16.0. The van der Waals surface area contributed by atoms with Gasteiger partial charge < -0.3 is 25.0 Å². The number of amides is 3. The topological polar surface area (TPSA) is 79.9 Å². The fourth-order valence-corrected chi connectivity index (χ4v) is 4.58. The van der Waals surface area contributed by atoms with Crippen LogP contribution in [0.25, 0.3) is 0 Å². The molecule has 1 aliphatic rings. The summed E-state index contributed by atoms with van der Waals surface area (Å²) in [5.41, 5.74) is 2.23. The smallest absolute Gasteiger partial charge is 0.322 e. The number of nitrogens with one attached hydrogen (secondary N) is 2. The van der Waals surface area contributed by atoms with Gasteiger partial charge in [-0.3, -0.25) is 4.79 Å². The van der Waals surface area contributed by atoms with E-state index in [1.807, 2.05) is 23.6 Å². The Bertz CT molecular complexity index is 1150. The average Bonchev–Trinajstić information content (AvgIpc) is 3.36. The first-order valence-electron chi connectivity index (χ1n) is 10.4. The van der Waals surface area contributed by atoms with Crippen molar-refractivity contribution in [2.24, 2.45) is 0 Å². The number of benzene rings is 2. The third-order valence-corrected chi connectivity index (χ3v) is 6.41. The fourth-order valence-electron chi connectivity index (χ4n) is 3.94. The quantitative estimate of drug-likeness (QED) is 0.559. The van der Waals surface area contributed by atoms with E-state index in [1.54, 1.807) is 31.3 Å². The molecule has 0 spiro atoms. The third kappa shape index (κ3) is 4.93. The number of anilines is 1. The summed E-state index contributed by atoms with van der Waals surface area (Å²) in [6.45, 7) is 0.624. The molecule has 2 N–H and O–H groups in total. The first-order valence-corrected chi connectivity index (χ1v) is 11.3. The number of fused-ring (bicyclic) bond motifs is 1. The molecule has 2 heterocycles. The van der Waals surface area contributed by atoms with Crippen LogP contribution in [0.5, 0.6) is 11.5 Å². The average molecular weight is 470 g/mol. The zero-order valence-corrected chi connectivity index (χ0v) is 19.1. The highest BCUT2D eigenvalue weighted by Crippen LogP contribution is 2.38. The van der Waals surface area contributed by atoms with Crippen LogP contribution in [-0.4, -0.2) is 44.1 Å². The lowest BCUT2D eigenvalue weighted by molar-refractivity contribution is 0.0940. The van der Waals surface area contributed by atoms with Gasteiger partial charge in [0.15, 0.2) is 11.5 Å². The molecule has 9 heteroatoms. The Balaban J connectivity index is 1.63. The summed E-state index contributed by atoms with van der Waals surface area (Å²) in [5, 5.41) is 7.53. The molecular weight excluding hydrogens is 445 g/mol. The molecule has 3 amide bonds. The van der Waals surface area contributed by atoms with Crippen molar-refractivity contribution in [3.63, 3.8) is 0 Å². The number of urea groups is 1. The molecule has 1 aliphatic heterocycles. The minimum absolute atomic E-state index is 0.204. The summed E-state index contributed by atoms with van der Waals surface area (Å²) >= 11 is 1.35. The Morgan fingerprint density at radius 3 is 2.61 bits per heavy atom. The molecule has 1 atom stereocenters. The summed E-state index contributed by atoms with van der Waals surface area (Å²) in [6.07, 6.45) is 0.599. The van der Waals surface area contributed by atoms with Crippen LogP contribution >= 0.6 is 11.3 Å². The molecule has 172 valence electrons. The Morgan fingerprint density at radius 2 is 1.91 bits per heavy atom. The zero-order chi connectivity index (χ0) is 23.4. The molecule has 2 aromatic carbocycles. The van der Waals surface area contributed by atoms with Gasteiger partial charge in [-0.1, -0.05) is 12.1 Å². The summed E-state index contributed by atoms with van der Waals surface area (Å²) in [7, 11) is 3.12. The van der Waals surface area contributed by atoms with Gasteiger partial charge in [0.2, 0.25) is 0 Å². The minimum Gasteiger partial charge on any atom is -0.493 e. The van der Waals surface area contributed by atoms with E-state index in [0.29, 0.717) is 35.0 Å². The highest BCUT2D eigenvalue weighted by molar-refractivity contribution is 7.12. The van der Waals surface area contributed by atoms with E-state index in [4.69, 9.17) is 9.47 Å². The van der Waals surface area contributed by atoms with Gasteiger partial charge in [0.1, 0.15) is 5.82 Å². The minimum atomic E-state index is -0.453. The largest absolute Gasteiger partial charge is 0.493 e. The van der Waals surface area contributed by atoms with Crippen LogP contribution in [0.15, 0.2) is 53.9 Å². The predicted molar refractivity (Wildman–Crippen MR) is 125 cm³/mol. The molecule has 4 rings (SSSR count). The van der Waals surface area contributed by atoms with E-state index in [-0.39, 0.29) is 18.5 Å². The van der Waals surface area contributed by atoms with E-state index >= 15 is 0 Å². The van der Waals surface area contributed by atoms with Gasteiger partial charge in [0.25, 0.3) is 5.91 Å². The van der Waals surface area contributed by atoms with Gasteiger partial charge in [0, 0.05) is 18.8 Å². The van der Waals surface area contributed by atoms with Crippen molar-refractivity contribution in [2.45, 2.75) is 12.5 Å². The highest BCUT2D eigenvalue weighted by Gasteiger charge is 2.33. The molecule has 0 fully saturated rings. The number of hydrogen-bond acceptors (Lipinski definition) is 5. The van der Waals surface area contributed by atoms with Gasteiger partial charge in [0.05, 0.1) is 25.1 Å². The molecule has 0 saturated heterocycles. The van der Waals surface area contributed by atoms with Crippen LogP contribution < -0.4 is 20.1 Å². The summed E-state index contributed by atoms with van der Waals surface area (Å²) in [4.78, 5) is 28.0. The van der Waals surface area contributed by atoms with E-state index in [1.165, 1.54) is 29.5 Å². The number of rotatable bonds is 6. The number of carbonyl (C=O) groups is 2. The van der Waals surface area contributed by atoms with Crippen molar-refractivity contribution in [1.82, 2.24) is 10.2 Å². The van der Waals surface area contributed by atoms with Gasteiger partial charge >= 0.3 is 6.03 Å². The van der Waals surface area contributed by atoms with Crippen LogP contribution in [0.1, 0.15) is 26.8 Å². The molecule has 33 heavy (non-hydrogen) atoms. The van der Waals surface area contributed by atoms with Crippen LogP contribution in [0.3, 0.4) is 0 Å². The van der Waals surface area contributed by atoms with Crippen molar-refractivity contribution >= 4 is 29.0 Å². The zero-order valence-electron chi connectivity index (χ0n) is 18.3. The van der Waals surface area contributed by atoms with Gasteiger partial charge in [-0.25, -0.2) is 9.18 Å². The number of ether oxygens (including phenoxy) is 2. The number of hydrogen-bond donors (Lipinski definition) is 2. The summed E-state index contributed by atoms with van der Waals surface area (Å²) in [6, 6.07) is 12.2. The second-order valence-corrected chi connectivity index (χ2v) is 8.44. The third-order valence-electron chi connectivity index (χ3n) is 5.54. The SMILES string of the molecule is COc1cc2c(cc1OC)[C@@H](CNC(=O)c1cccs1)N(C(=O)Nc1cccc(F)c1)CC2. The van der Waals surface area contributed by atoms with Gasteiger partial charge in [-0.15, -0.1) is 11.3 Å². The van der Waals surface area contributed by atoms with Crippen molar-refractivity contribution < 1.29 is 23.5 Å². The Morgan fingerprint density at radius 1 is 1.12 bits per heavy atom. The van der Waals surface area contributed by atoms with Gasteiger partial charge in [-0.2, -0.15) is 0 Å². The van der Waals surface area contributed by atoms with Crippen molar-refractivity contribution in [1.29, 1.82) is 0 Å². The molecule has 0 unspecified atom stereocenters. The molecule has 0 bridgehead atoms. The van der Waals surface area contributed by atoms with Crippen molar-refractivity contribution in [3.8, 4) is 11.5 Å². The highest BCUT2D eigenvalue weighted by atomic mass is 32.1. The maximum atomic E-state index is 13.6. The van der Waals surface area contributed by atoms with E-state index in [0.717, 1.165) is 11.1 Å². The number of nitrogens with zero attached hydrogens (tertiary/aromatic N) is 1. The number of carbonyl (C=O) groups excluding carboxylic acids is 2. The molecule has 3 aromatic rings. The molecule has 7 nitrogen and oxygen atoms in total. The predicted octanol–water partition coefficient (Wildman–Crippen LogP) is 4.47. The molecule has 0 radical (unpaired) electrons. The standard InChI is InChI=1S/C24H24FN3O4S/c1-31-20-11-15-8-9-28(24(30)27-17-6-3-5-16(25)12-17)19(18(15)13-21(20)32-2)14-26-23(29)22-7-4-10-33-22/h3-7,10-13,19H,8-9,14H2,1-2H3,(H,26,29)(H,27,30)/t19-/m1/s1. The summed E-state index contributed by atoms with van der Waals surface area (Å²) < 4.78 is 24.5. The van der Waals surface area contributed by atoms with Crippen molar-refractivity contribution in [2.75, 3.05) is 32.6 Å². The Labute approximate surface area is 195 Å². The fraction of sp³-hybridized carbons (Fsp3) is 0.250. The lowest BCUT2D eigenvalue weighted by Gasteiger charge is -2.37. The number of thiophene rings is 1. The van der Waals surface area contributed by atoms with E-state index in [9.17, 15) is 14.0 Å². The van der Waals surface area contributed by atoms with Crippen molar-refractivity contribution in [3.05, 3.63) is 75.7 Å². The second kappa shape index (κ2) is 9.91. The maximum absolute atomic E-state index is 13.6. The summed E-state index contributed by atoms with van der Waals surface area (Å²) in [5.74, 6) is 0.505. The van der Waals surface area contributed by atoms with Crippen LogP contribution in [0, 0.1) is 5.82 Å². The van der Waals surface area contributed by atoms with Crippen LogP contribution in [-0.2, 0) is 6.42 Å². The van der Waals surface area contributed by atoms with E-state index < -0.39 is 11.9 Å². The van der Waals surface area contributed by atoms with Crippen LogP contribution in [0.2, 0.25) is 0 Å². The lowest BCUT2D eigenvalue weighted by atomic mass is 9.91. The first kappa shape index (κ1) is 22.6. The lowest BCUT2D eigenvalue weighted by Crippen LogP contribution is -2.46. The van der Waals surface area contributed by atoms with Crippen LogP contribution in [0.4, 0.5) is 14.9 Å². The number of halogens is 1. The molecule has 0 saturated carbocycles. The maximum Gasteiger partial charge on any atom is 0.322 e. The molecule has 1 aromatic heterocycles. The monoisotopic (exact) mass is 469 g/mol. The molecule has 0 aliphatic carbocycles.